The van der Waals surface area contributed by atoms with Crippen LogP contribution in [-0.2, 0) is 4.79 Å². The first-order valence-electron chi connectivity index (χ1n) is 5.45. The third kappa shape index (κ3) is 2.98. The highest BCUT2D eigenvalue weighted by Crippen LogP contribution is 2.28. The minimum Gasteiger partial charge on any atom is -0.389 e. The lowest BCUT2D eigenvalue weighted by molar-refractivity contribution is -0.140. The van der Waals surface area contributed by atoms with E-state index in [1.807, 2.05) is 6.92 Å². The summed E-state index contributed by atoms with van der Waals surface area (Å²) >= 11 is 0. The monoisotopic (exact) mass is 199 g/mol. The minimum absolute atomic E-state index is 0.223. The van der Waals surface area contributed by atoms with Gasteiger partial charge in [-0.15, -0.1) is 0 Å². The molecule has 3 nitrogen and oxygen atoms in total. The van der Waals surface area contributed by atoms with E-state index in [1.165, 1.54) is 6.42 Å². The number of aliphatic hydroxyl groups is 1. The highest BCUT2D eigenvalue weighted by atomic mass is 16.3. The molecule has 1 saturated carbocycles. The van der Waals surface area contributed by atoms with Gasteiger partial charge in [-0.2, -0.15) is 0 Å². The van der Waals surface area contributed by atoms with Crippen LogP contribution in [0.3, 0.4) is 0 Å². The Kier molecular flexibility index (Phi) is 3.53. The number of carbonyl (C=O) groups is 1. The summed E-state index contributed by atoms with van der Waals surface area (Å²) in [6, 6.07) is 0. The van der Waals surface area contributed by atoms with Crippen LogP contribution in [-0.4, -0.2) is 34.6 Å². The minimum atomic E-state index is -0.782. The quantitative estimate of drug-likeness (QED) is 0.743. The van der Waals surface area contributed by atoms with Crippen LogP contribution in [0, 0.1) is 5.92 Å². The van der Waals surface area contributed by atoms with Crippen LogP contribution in [0.15, 0.2) is 0 Å². The summed E-state index contributed by atoms with van der Waals surface area (Å²) in [5.41, 5.74) is -0.782. The lowest BCUT2D eigenvalue weighted by atomic mass is 9.84. The molecule has 1 amide bonds. The molecule has 0 atom stereocenters. The molecular weight excluding hydrogens is 178 g/mol. The van der Waals surface area contributed by atoms with Crippen molar-refractivity contribution in [3.05, 3.63) is 0 Å². The standard InChI is InChI=1S/C11H21NO2/c1-4-12(8-11(2,3)14)10(13)9-6-5-7-9/h9,14H,4-8H2,1-3H3. The number of rotatable bonds is 4. The third-order valence-electron chi connectivity index (χ3n) is 2.73. The van der Waals surface area contributed by atoms with Crippen molar-refractivity contribution in [2.45, 2.75) is 45.6 Å². The zero-order valence-electron chi connectivity index (χ0n) is 9.42. The van der Waals surface area contributed by atoms with Gasteiger partial charge in [-0.1, -0.05) is 6.42 Å². The second kappa shape index (κ2) is 4.30. The van der Waals surface area contributed by atoms with Crippen molar-refractivity contribution in [2.24, 2.45) is 5.92 Å². The van der Waals surface area contributed by atoms with E-state index in [0.717, 1.165) is 12.8 Å². The molecule has 0 unspecified atom stereocenters. The van der Waals surface area contributed by atoms with Gasteiger partial charge in [0.05, 0.1) is 5.60 Å². The smallest absolute Gasteiger partial charge is 0.225 e. The Morgan fingerprint density at radius 1 is 1.50 bits per heavy atom. The van der Waals surface area contributed by atoms with Crippen LogP contribution in [0.5, 0.6) is 0 Å². The summed E-state index contributed by atoms with van der Waals surface area (Å²) < 4.78 is 0. The molecule has 1 fully saturated rings. The molecule has 0 saturated heterocycles. The molecule has 0 radical (unpaired) electrons. The predicted molar refractivity (Wildman–Crippen MR) is 55.9 cm³/mol. The Morgan fingerprint density at radius 3 is 2.36 bits per heavy atom. The summed E-state index contributed by atoms with van der Waals surface area (Å²) in [4.78, 5) is 13.6. The first-order valence-corrected chi connectivity index (χ1v) is 5.45. The Balaban J connectivity index is 2.48. The first-order chi connectivity index (χ1) is 6.44. The molecule has 0 bridgehead atoms. The number of hydrogen-bond donors (Lipinski definition) is 1. The van der Waals surface area contributed by atoms with Crippen LogP contribution in [0.4, 0.5) is 0 Å². The number of likely N-dealkylation sites (N-methyl/N-ethyl adjacent to an activating group) is 1. The second-order valence-corrected chi connectivity index (χ2v) is 4.79. The van der Waals surface area contributed by atoms with E-state index < -0.39 is 5.60 Å². The molecule has 0 aromatic carbocycles. The highest BCUT2D eigenvalue weighted by molar-refractivity contribution is 5.79. The average Bonchev–Trinajstić information content (AvgIpc) is 1.94. The van der Waals surface area contributed by atoms with Gasteiger partial charge >= 0.3 is 0 Å². The summed E-state index contributed by atoms with van der Waals surface area (Å²) in [5.74, 6) is 0.457. The van der Waals surface area contributed by atoms with E-state index in [9.17, 15) is 9.90 Å². The number of carbonyl (C=O) groups excluding carboxylic acids is 1. The molecule has 0 aromatic rings. The lowest BCUT2D eigenvalue weighted by Gasteiger charge is -2.34. The van der Waals surface area contributed by atoms with Crippen LogP contribution >= 0.6 is 0 Å². The zero-order valence-corrected chi connectivity index (χ0v) is 9.42. The van der Waals surface area contributed by atoms with Crippen molar-refractivity contribution in [1.29, 1.82) is 0 Å². The van der Waals surface area contributed by atoms with E-state index in [2.05, 4.69) is 0 Å². The zero-order chi connectivity index (χ0) is 10.8. The number of amides is 1. The molecule has 82 valence electrons. The van der Waals surface area contributed by atoms with Crippen LogP contribution < -0.4 is 0 Å². The maximum atomic E-state index is 11.8. The fourth-order valence-electron chi connectivity index (χ4n) is 1.73. The number of nitrogens with zero attached hydrogens (tertiary/aromatic N) is 1. The number of hydrogen-bond acceptors (Lipinski definition) is 2. The SMILES string of the molecule is CCN(CC(C)(C)O)C(=O)C1CCC1. The Morgan fingerprint density at radius 2 is 2.07 bits per heavy atom. The van der Waals surface area contributed by atoms with E-state index in [0.29, 0.717) is 13.1 Å². The van der Waals surface area contributed by atoms with Gasteiger partial charge in [0.2, 0.25) is 5.91 Å². The van der Waals surface area contributed by atoms with Crippen LogP contribution in [0.2, 0.25) is 0 Å². The lowest BCUT2D eigenvalue weighted by Crippen LogP contribution is -2.45. The van der Waals surface area contributed by atoms with E-state index in [4.69, 9.17) is 0 Å². The Labute approximate surface area is 86.1 Å². The summed E-state index contributed by atoms with van der Waals surface area (Å²) in [7, 11) is 0. The second-order valence-electron chi connectivity index (χ2n) is 4.79. The molecule has 1 N–H and O–H groups in total. The predicted octanol–water partition coefficient (Wildman–Crippen LogP) is 1.41. The summed E-state index contributed by atoms with van der Waals surface area (Å²) in [6.45, 7) is 6.58. The van der Waals surface area contributed by atoms with Gasteiger partial charge in [-0.25, -0.2) is 0 Å². The van der Waals surface area contributed by atoms with Gasteiger partial charge in [0.25, 0.3) is 0 Å². The van der Waals surface area contributed by atoms with Crippen molar-refractivity contribution in [3.8, 4) is 0 Å². The fourth-order valence-corrected chi connectivity index (χ4v) is 1.73. The molecule has 0 heterocycles. The highest BCUT2D eigenvalue weighted by Gasteiger charge is 2.30. The first kappa shape index (κ1) is 11.5. The summed E-state index contributed by atoms with van der Waals surface area (Å²) in [5, 5.41) is 9.65. The van der Waals surface area contributed by atoms with Crippen molar-refractivity contribution >= 4 is 5.91 Å². The van der Waals surface area contributed by atoms with Gasteiger partial charge in [0.1, 0.15) is 0 Å². The van der Waals surface area contributed by atoms with Gasteiger partial charge in [-0.3, -0.25) is 4.79 Å². The molecule has 1 aliphatic rings. The van der Waals surface area contributed by atoms with Crippen molar-refractivity contribution in [3.63, 3.8) is 0 Å². The third-order valence-corrected chi connectivity index (χ3v) is 2.73. The van der Waals surface area contributed by atoms with Crippen molar-refractivity contribution in [2.75, 3.05) is 13.1 Å². The van der Waals surface area contributed by atoms with Crippen molar-refractivity contribution in [1.82, 2.24) is 4.90 Å². The Bertz CT molecular complexity index is 204. The molecule has 0 aromatic heterocycles. The molecule has 14 heavy (non-hydrogen) atoms. The van der Waals surface area contributed by atoms with Gasteiger partial charge in [0, 0.05) is 19.0 Å². The van der Waals surface area contributed by atoms with Gasteiger partial charge < -0.3 is 10.0 Å². The summed E-state index contributed by atoms with van der Waals surface area (Å²) in [6.07, 6.45) is 3.23. The maximum absolute atomic E-state index is 11.8. The molecule has 3 heteroatoms. The molecule has 1 aliphatic carbocycles. The van der Waals surface area contributed by atoms with E-state index in [1.54, 1.807) is 18.7 Å². The van der Waals surface area contributed by atoms with Gasteiger partial charge in [0.15, 0.2) is 0 Å². The average molecular weight is 199 g/mol. The molecular formula is C11H21NO2. The van der Waals surface area contributed by atoms with E-state index in [-0.39, 0.29) is 11.8 Å². The maximum Gasteiger partial charge on any atom is 0.225 e. The molecule has 1 rings (SSSR count). The van der Waals surface area contributed by atoms with Gasteiger partial charge in [-0.05, 0) is 33.6 Å². The van der Waals surface area contributed by atoms with Crippen molar-refractivity contribution < 1.29 is 9.90 Å². The van der Waals surface area contributed by atoms with Crippen LogP contribution in [0.25, 0.3) is 0 Å². The Hall–Kier alpha value is -0.570. The topological polar surface area (TPSA) is 40.5 Å². The molecule has 0 spiro atoms. The van der Waals surface area contributed by atoms with Crippen LogP contribution in [0.1, 0.15) is 40.0 Å². The van der Waals surface area contributed by atoms with E-state index >= 15 is 0 Å². The normalized spacial score (nSPS) is 17.7. The largest absolute Gasteiger partial charge is 0.389 e. The molecule has 0 aliphatic heterocycles. The fraction of sp³-hybridized carbons (Fsp3) is 0.909.